The number of nitrogens with two attached hydrogens (primary N) is 1. The van der Waals surface area contributed by atoms with E-state index in [2.05, 4.69) is 0 Å². The largest absolute Gasteiger partial charge is 0.389 e. The predicted octanol–water partition coefficient (Wildman–Crippen LogP) is -0.650. The molecule has 2 atom stereocenters. The van der Waals surface area contributed by atoms with Gasteiger partial charge in [-0.1, -0.05) is 0 Å². The van der Waals surface area contributed by atoms with Crippen LogP contribution in [0.5, 0.6) is 0 Å². The Hall–Kier alpha value is -0.190. The highest BCUT2D eigenvalue weighted by Gasteiger charge is 2.20. The van der Waals surface area contributed by atoms with E-state index in [4.69, 9.17) is 10.8 Å². The highest BCUT2D eigenvalue weighted by Crippen LogP contribution is 2.06. The summed E-state index contributed by atoms with van der Waals surface area (Å²) in [6.07, 6.45) is 0.124. The Morgan fingerprint density at radius 1 is 1.73 bits per heavy atom. The summed E-state index contributed by atoms with van der Waals surface area (Å²) in [5.74, 6) is 0. The van der Waals surface area contributed by atoms with Crippen LogP contribution in [0.2, 0.25) is 0 Å². The molecule has 1 fully saturated rings. The Labute approximate surface area is 66.0 Å². The molecular weight excluding hydrogens is 147 g/mol. The summed E-state index contributed by atoms with van der Waals surface area (Å²) in [6, 6.07) is 0.210. The molecule has 1 aliphatic heterocycles. The molecule has 0 spiro atoms. The second-order valence-electron chi connectivity index (χ2n) is 3.12. The first-order valence-electron chi connectivity index (χ1n) is 3.94. The number of aliphatic hydroxyl groups is 1. The van der Waals surface area contributed by atoms with Gasteiger partial charge >= 0.3 is 0 Å². The number of alkyl halides is 1. The normalized spacial score (nSPS) is 29.2. The minimum atomic E-state index is -0.833. The van der Waals surface area contributed by atoms with Crippen molar-refractivity contribution in [1.29, 1.82) is 0 Å². The Balaban J connectivity index is 2.17. The standard InChI is InChI=1S/C7H15FN2O/c8-3-7(11)5-10-2-1-6(9)4-10/h6-7,11H,1-5,9H2. The lowest BCUT2D eigenvalue weighted by atomic mass is 10.3. The Bertz CT molecular complexity index is 123. The molecule has 11 heavy (non-hydrogen) atoms. The van der Waals surface area contributed by atoms with Crippen LogP contribution in [-0.2, 0) is 0 Å². The first-order chi connectivity index (χ1) is 5.22. The second kappa shape index (κ2) is 3.99. The number of rotatable bonds is 3. The number of aliphatic hydroxyl groups excluding tert-OH is 1. The minimum absolute atomic E-state index is 0.210. The smallest absolute Gasteiger partial charge is 0.117 e. The third kappa shape index (κ3) is 2.73. The van der Waals surface area contributed by atoms with Crippen molar-refractivity contribution in [2.24, 2.45) is 5.73 Å². The zero-order valence-electron chi connectivity index (χ0n) is 6.54. The van der Waals surface area contributed by atoms with Crippen LogP contribution < -0.4 is 5.73 Å². The molecule has 0 aromatic rings. The zero-order chi connectivity index (χ0) is 8.27. The van der Waals surface area contributed by atoms with Gasteiger partial charge in [-0.3, -0.25) is 4.90 Å². The Morgan fingerprint density at radius 2 is 2.45 bits per heavy atom. The van der Waals surface area contributed by atoms with Crippen molar-refractivity contribution in [3.63, 3.8) is 0 Å². The van der Waals surface area contributed by atoms with Gasteiger partial charge in [-0.25, -0.2) is 4.39 Å². The number of hydrogen-bond donors (Lipinski definition) is 2. The molecule has 0 amide bonds. The van der Waals surface area contributed by atoms with Crippen molar-refractivity contribution in [2.75, 3.05) is 26.3 Å². The van der Waals surface area contributed by atoms with Crippen LogP contribution in [0.15, 0.2) is 0 Å². The lowest BCUT2D eigenvalue weighted by Crippen LogP contribution is -2.33. The molecule has 2 unspecified atom stereocenters. The molecule has 1 heterocycles. The maximum atomic E-state index is 11.8. The van der Waals surface area contributed by atoms with Crippen LogP contribution >= 0.6 is 0 Å². The molecule has 1 saturated heterocycles. The van der Waals surface area contributed by atoms with Crippen LogP contribution in [0.25, 0.3) is 0 Å². The fourth-order valence-corrected chi connectivity index (χ4v) is 1.38. The molecule has 66 valence electrons. The van der Waals surface area contributed by atoms with Gasteiger partial charge in [0.15, 0.2) is 0 Å². The van der Waals surface area contributed by atoms with Gasteiger partial charge in [-0.2, -0.15) is 0 Å². The number of hydrogen-bond acceptors (Lipinski definition) is 3. The van der Waals surface area contributed by atoms with Crippen LogP contribution in [0.4, 0.5) is 4.39 Å². The molecule has 3 nitrogen and oxygen atoms in total. The molecule has 3 N–H and O–H groups in total. The van der Waals surface area contributed by atoms with E-state index >= 15 is 0 Å². The molecule has 1 rings (SSSR count). The van der Waals surface area contributed by atoms with Gasteiger partial charge in [0.1, 0.15) is 6.67 Å². The van der Waals surface area contributed by atoms with Crippen molar-refractivity contribution >= 4 is 0 Å². The van der Waals surface area contributed by atoms with Crippen LogP contribution in [0, 0.1) is 0 Å². The van der Waals surface area contributed by atoms with Crippen molar-refractivity contribution in [3.05, 3.63) is 0 Å². The van der Waals surface area contributed by atoms with E-state index < -0.39 is 12.8 Å². The van der Waals surface area contributed by atoms with Crippen molar-refractivity contribution in [2.45, 2.75) is 18.6 Å². The summed E-state index contributed by atoms with van der Waals surface area (Å²) in [6.45, 7) is 1.44. The maximum absolute atomic E-state index is 11.8. The van der Waals surface area contributed by atoms with E-state index in [1.54, 1.807) is 0 Å². The fraction of sp³-hybridized carbons (Fsp3) is 1.00. The summed E-state index contributed by atoms with van der Waals surface area (Å²) >= 11 is 0. The lowest BCUT2D eigenvalue weighted by molar-refractivity contribution is 0.0991. The average Bonchev–Trinajstić information content (AvgIpc) is 2.35. The van der Waals surface area contributed by atoms with E-state index in [9.17, 15) is 4.39 Å². The van der Waals surface area contributed by atoms with E-state index in [1.165, 1.54) is 0 Å². The van der Waals surface area contributed by atoms with Crippen LogP contribution in [0.3, 0.4) is 0 Å². The molecule has 0 aliphatic carbocycles. The summed E-state index contributed by atoms with van der Waals surface area (Å²) < 4.78 is 11.8. The summed E-state index contributed by atoms with van der Waals surface area (Å²) in [7, 11) is 0. The molecule has 0 aromatic carbocycles. The number of nitrogens with zero attached hydrogens (tertiary/aromatic N) is 1. The quantitative estimate of drug-likeness (QED) is 0.580. The van der Waals surface area contributed by atoms with E-state index in [-0.39, 0.29) is 6.04 Å². The summed E-state index contributed by atoms with van der Waals surface area (Å²) in [5.41, 5.74) is 5.63. The van der Waals surface area contributed by atoms with Gasteiger partial charge < -0.3 is 10.8 Å². The molecule has 4 heteroatoms. The first kappa shape index (κ1) is 8.90. The van der Waals surface area contributed by atoms with Gasteiger partial charge in [0, 0.05) is 19.1 Å². The lowest BCUT2D eigenvalue weighted by Gasteiger charge is -2.17. The van der Waals surface area contributed by atoms with Gasteiger partial charge in [-0.15, -0.1) is 0 Å². The molecular formula is C7H15FN2O. The number of halogens is 1. The highest BCUT2D eigenvalue weighted by atomic mass is 19.1. The highest BCUT2D eigenvalue weighted by molar-refractivity contribution is 4.79. The Morgan fingerprint density at radius 3 is 2.91 bits per heavy atom. The van der Waals surface area contributed by atoms with Gasteiger partial charge in [-0.05, 0) is 13.0 Å². The van der Waals surface area contributed by atoms with Gasteiger partial charge in [0.2, 0.25) is 0 Å². The SMILES string of the molecule is NC1CCN(CC(O)CF)C1. The summed E-state index contributed by atoms with van der Waals surface area (Å²) in [5, 5.41) is 8.95. The third-order valence-corrected chi connectivity index (χ3v) is 1.96. The molecule has 0 saturated carbocycles. The second-order valence-corrected chi connectivity index (χ2v) is 3.12. The topological polar surface area (TPSA) is 49.5 Å². The van der Waals surface area contributed by atoms with E-state index in [1.807, 2.05) is 4.90 Å². The van der Waals surface area contributed by atoms with Crippen molar-refractivity contribution in [1.82, 2.24) is 4.90 Å². The molecule has 1 aliphatic rings. The van der Waals surface area contributed by atoms with Crippen LogP contribution in [-0.4, -0.2) is 48.5 Å². The maximum Gasteiger partial charge on any atom is 0.117 e. The average molecular weight is 162 g/mol. The fourth-order valence-electron chi connectivity index (χ4n) is 1.38. The first-order valence-corrected chi connectivity index (χ1v) is 3.94. The molecule has 0 bridgehead atoms. The van der Waals surface area contributed by atoms with E-state index in [0.717, 1.165) is 19.5 Å². The van der Waals surface area contributed by atoms with Gasteiger partial charge in [0.05, 0.1) is 6.10 Å². The number of likely N-dealkylation sites (tertiary alicyclic amines) is 1. The summed E-state index contributed by atoms with van der Waals surface area (Å²) in [4.78, 5) is 1.99. The van der Waals surface area contributed by atoms with Crippen molar-refractivity contribution < 1.29 is 9.50 Å². The minimum Gasteiger partial charge on any atom is -0.389 e. The van der Waals surface area contributed by atoms with E-state index in [0.29, 0.717) is 6.54 Å². The molecule has 0 aromatic heterocycles. The zero-order valence-corrected chi connectivity index (χ0v) is 6.54. The molecule has 0 radical (unpaired) electrons. The van der Waals surface area contributed by atoms with Crippen molar-refractivity contribution in [3.8, 4) is 0 Å². The predicted molar refractivity (Wildman–Crippen MR) is 41.0 cm³/mol. The van der Waals surface area contributed by atoms with Crippen LogP contribution in [0.1, 0.15) is 6.42 Å². The van der Waals surface area contributed by atoms with Gasteiger partial charge in [0.25, 0.3) is 0 Å². The monoisotopic (exact) mass is 162 g/mol. The third-order valence-electron chi connectivity index (χ3n) is 1.96. The number of β-amino-alcohol motifs (C(OH)–C–C–N with tert-alkyl or cyclic N) is 1. The Kier molecular flexibility index (Phi) is 3.23.